The van der Waals surface area contributed by atoms with Gasteiger partial charge < -0.3 is 5.73 Å². The fourth-order valence-electron chi connectivity index (χ4n) is 1.26. The minimum absolute atomic E-state index is 0.0295. The van der Waals surface area contributed by atoms with Gasteiger partial charge in [-0.15, -0.1) is 0 Å². The van der Waals surface area contributed by atoms with Gasteiger partial charge in [0.25, 0.3) is 0 Å². The topological polar surface area (TPSA) is 43.1 Å². The van der Waals surface area contributed by atoms with Crippen LogP contribution in [0.4, 0.5) is 18.9 Å². The monoisotopic (exact) mass is 251 g/mol. The molecule has 2 N–H and O–H groups in total. The number of alkyl halides is 3. The van der Waals surface area contributed by atoms with Crippen molar-refractivity contribution in [2.24, 2.45) is 0 Å². The van der Waals surface area contributed by atoms with E-state index in [1.165, 1.54) is 12.1 Å². The predicted molar refractivity (Wildman–Crippen MR) is 58.2 cm³/mol. The van der Waals surface area contributed by atoms with Gasteiger partial charge in [-0.3, -0.25) is 4.21 Å². The summed E-state index contributed by atoms with van der Waals surface area (Å²) in [7, 11) is -1.27. The summed E-state index contributed by atoms with van der Waals surface area (Å²) < 4.78 is 49.1. The lowest BCUT2D eigenvalue weighted by Crippen LogP contribution is -2.11. The molecule has 1 atom stereocenters. The molecule has 0 aliphatic rings. The summed E-state index contributed by atoms with van der Waals surface area (Å²) >= 11 is 0. The van der Waals surface area contributed by atoms with E-state index in [1.54, 1.807) is 6.92 Å². The van der Waals surface area contributed by atoms with Crippen LogP contribution in [-0.2, 0) is 22.7 Å². The molecule has 0 spiro atoms. The highest BCUT2D eigenvalue weighted by Crippen LogP contribution is 2.33. The van der Waals surface area contributed by atoms with E-state index in [1.807, 2.05) is 0 Å². The van der Waals surface area contributed by atoms with Crippen LogP contribution in [0.5, 0.6) is 0 Å². The second-order valence-electron chi connectivity index (χ2n) is 3.29. The van der Waals surface area contributed by atoms with E-state index >= 15 is 0 Å². The van der Waals surface area contributed by atoms with Gasteiger partial charge in [-0.2, -0.15) is 13.2 Å². The van der Waals surface area contributed by atoms with Crippen molar-refractivity contribution in [3.8, 4) is 0 Å². The van der Waals surface area contributed by atoms with Crippen LogP contribution < -0.4 is 5.73 Å². The molecular formula is C10H12F3NOS. The zero-order valence-corrected chi connectivity index (χ0v) is 9.49. The zero-order valence-electron chi connectivity index (χ0n) is 8.67. The molecule has 0 aliphatic heterocycles. The summed E-state index contributed by atoms with van der Waals surface area (Å²) in [5.74, 6) is 0.243. The van der Waals surface area contributed by atoms with Crippen LogP contribution in [0.25, 0.3) is 0 Å². The van der Waals surface area contributed by atoms with E-state index in [0.29, 0.717) is 5.75 Å². The standard InChI is InChI=1S/C10H12F3NOS/c1-2-16(15)6-7-3-4-8(14)5-9(7)10(11,12)13/h3-5H,2,6,14H2,1H3. The Morgan fingerprint density at radius 2 is 2.00 bits per heavy atom. The second kappa shape index (κ2) is 4.86. The second-order valence-corrected chi connectivity index (χ2v) is 5.03. The molecule has 0 aromatic heterocycles. The molecule has 6 heteroatoms. The first kappa shape index (κ1) is 13.0. The molecule has 0 radical (unpaired) electrons. The van der Waals surface area contributed by atoms with Crippen LogP contribution in [0.1, 0.15) is 18.1 Å². The molecule has 0 saturated carbocycles. The van der Waals surface area contributed by atoms with Gasteiger partial charge in [0.05, 0.1) is 5.56 Å². The third-order valence-electron chi connectivity index (χ3n) is 2.08. The third kappa shape index (κ3) is 3.23. The number of anilines is 1. The van der Waals surface area contributed by atoms with Gasteiger partial charge in [0.15, 0.2) is 0 Å². The molecule has 90 valence electrons. The number of halogens is 3. The van der Waals surface area contributed by atoms with Gasteiger partial charge in [-0.1, -0.05) is 13.0 Å². The molecule has 1 aromatic rings. The minimum Gasteiger partial charge on any atom is -0.399 e. The summed E-state index contributed by atoms with van der Waals surface area (Å²) in [6, 6.07) is 3.55. The first-order valence-electron chi connectivity index (χ1n) is 4.65. The highest BCUT2D eigenvalue weighted by atomic mass is 32.2. The molecule has 2 nitrogen and oxygen atoms in total. The van der Waals surface area contributed by atoms with Gasteiger partial charge >= 0.3 is 6.18 Å². The smallest absolute Gasteiger partial charge is 0.399 e. The summed E-state index contributed by atoms with van der Waals surface area (Å²) in [4.78, 5) is 0. The Balaban J connectivity index is 3.13. The quantitative estimate of drug-likeness (QED) is 0.839. The first-order valence-corrected chi connectivity index (χ1v) is 6.14. The number of rotatable bonds is 3. The maximum atomic E-state index is 12.6. The summed E-state index contributed by atoms with van der Waals surface area (Å²) in [6.45, 7) is 1.67. The number of nitrogen functional groups attached to an aromatic ring is 1. The lowest BCUT2D eigenvalue weighted by atomic mass is 10.1. The average molecular weight is 251 g/mol. The van der Waals surface area contributed by atoms with E-state index in [-0.39, 0.29) is 17.0 Å². The first-order chi connectivity index (χ1) is 7.34. The highest BCUT2D eigenvalue weighted by molar-refractivity contribution is 7.84. The van der Waals surface area contributed by atoms with E-state index in [9.17, 15) is 17.4 Å². The molecule has 0 amide bonds. The van der Waals surface area contributed by atoms with Gasteiger partial charge in [-0.25, -0.2) is 0 Å². The summed E-state index contributed by atoms with van der Waals surface area (Å²) in [5.41, 5.74) is 4.60. The fraction of sp³-hybridized carbons (Fsp3) is 0.400. The minimum atomic E-state index is -4.46. The van der Waals surface area contributed by atoms with Gasteiger partial charge in [0, 0.05) is 28.0 Å². The summed E-state index contributed by atoms with van der Waals surface area (Å²) in [6.07, 6.45) is -4.46. The van der Waals surface area contributed by atoms with Crippen LogP contribution in [0, 0.1) is 0 Å². The van der Waals surface area contributed by atoms with Crippen LogP contribution in [-0.4, -0.2) is 9.96 Å². The van der Waals surface area contributed by atoms with Crippen molar-refractivity contribution < 1.29 is 17.4 Å². The van der Waals surface area contributed by atoms with Gasteiger partial charge in [0.2, 0.25) is 0 Å². The Morgan fingerprint density at radius 3 is 2.50 bits per heavy atom. The van der Waals surface area contributed by atoms with Crippen molar-refractivity contribution in [2.45, 2.75) is 18.9 Å². The van der Waals surface area contributed by atoms with Crippen molar-refractivity contribution in [1.82, 2.24) is 0 Å². The van der Waals surface area contributed by atoms with Crippen LogP contribution in [0.3, 0.4) is 0 Å². The molecular weight excluding hydrogens is 239 g/mol. The predicted octanol–water partition coefficient (Wildman–Crippen LogP) is 2.56. The highest BCUT2D eigenvalue weighted by Gasteiger charge is 2.33. The average Bonchev–Trinajstić information content (AvgIpc) is 2.19. The van der Waals surface area contributed by atoms with Crippen LogP contribution >= 0.6 is 0 Å². The number of nitrogens with two attached hydrogens (primary N) is 1. The molecule has 0 bridgehead atoms. The van der Waals surface area contributed by atoms with E-state index in [4.69, 9.17) is 5.73 Å². The van der Waals surface area contributed by atoms with Crippen LogP contribution in [0.2, 0.25) is 0 Å². The molecule has 0 aliphatic carbocycles. The number of hydrogen-bond donors (Lipinski definition) is 1. The lowest BCUT2D eigenvalue weighted by Gasteiger charge is -2.13. The molecule has 1 rings (SSSR count). The number of benzene rings is 1. The Bertz CT molecular complexity index is 404. The van der Waals surface area contributed by atoms with Crippen molar-refractivity contribution in [3.05, 3.63) is 29.3 Å². The maximum absolute atomic E-state index is 12.6. The maximum Gasteiger partial charge on any atom is 0.416 e. The molecule has 1 aromatic carbocycles. The van der Waals surface area contributed by atoms with Crippen molar-refractivity contribution in [3.63, 3.8) is 0 Å². The largest absolute Gasteiger partial charge is 0.416 e. The Morgan fingerprint density at radius 1 is 1.38 bits per heavy atom. The Hall–Kier alpha value is -1.04. The fourth-order valence-corrected chi connectivity index (χ4v) is 2.06. The third-order valence-corrected chi connectivity index (χ3v) is 3.35. The molecule has 0 fully saturated rings. The SMILES string of the molecule is CCS(=O)Cc1ccc(N)cc1C(F)(F)F. The molecule has 0 saturated heterocycles. The zero-order chi connectivity index (χ0) is 12.3. The molecule has 0 heterocycles. The van der Waals surface area contributed by atoms with Gasteiger partial charge in [0.1, 0.15) is 0 Å². The number of hydrogen-bond acceptors (Lipinski definition) is 2. The van der Waals surface area contributed by atoms with Crippen molar-refractivity contribution in [2.75, 3.05) is 11.5 Å². The van der Waals surface area contributed by atoms with E-state index < -0.39 is 22.5 Å². The molecule has 1 unspecified atom stereocenters. The lowest BCUT2D eigenvalue weighted by molar-refractivity contribution is -0.138. The Labute approximate surface area is 94.1 Å². The van der Waals surface area contributed by atoms with E-state index in [2.05, 4.69) is 0 Å². The Kier molecular flexibility index (Phi) is 3.96. The normalized spacial score (nSPS) is 13.8. The van der Waals surface area contributed by atoms with Crippen molar-refractivity contribution in [1.29, 1.82) is 0 Å². The van der Waals surface area contributed by atoms with E-state index in [0.717, 1.165) is 6.07 Å². The summed E-state index contributed by atoms with van der Waals surface area (Å²) in [5, 5.41) is 0. The van der Waals surface area contributed by atoms with Crippen LogP contribution in [0.15, 0.2) is 18.2 Å². The molecule has 16 heavy (non-hydrogen) atoms. The van der Waals surface area contributed by atoms with Crippen molar-refractivity contribution >= 4 is 16.5 Å². The van der Waals surface area contributed by atoms with Gasteiger partial charge in [-0.05, 0) is 17.7 Å².